The first kappa shape index (κ1) is 17.9. The van der Waals surface area contributed by atoms with Crippen molar-refractivity contribution in [2.24, 2.45) is 17.8 Å². The fourth-order valence-electron chi connectivity index (χ4n) is 2.56. The molecule has 0 rings (SSSR count). The van der Waals surface area contributed by atoms with E-state index in [9.17, 15) is 0 Å². The van der Waals surface area contributed by atoms with Crippen LogP contribution in [0.2, 0.25) is 0 Å². The normalized spacial score (nSPS) is 15.3. The van der Waals surface area contributed by atoms with Crippen LogP contribution < -0.4 is 0 Å². The van der Waals surface area contributed by atoms with Gasteiger partial charge in [0.25, 0.3) is 0 Å². The van der Waals surface area contributed by atoms with E-state index in [0.29, 0.717) is 12.3 Å². The van der Waals surface area contributed by atoms with E-state index in [4.69, 9.17) is 10.2 Å². The van der Waals surface area contributed by atoms with Crippen molar-refractivity contribution in [1.82, 2.24) is 0 Å². The van der Waals surface area contributed by atoms with Crippen LogP contribution in [0, 0.1) is 17.8 Å². The van der Waals surface area contributed by atoms with Gasteiger partial charge in [-0.2, -0.15) is 0 Å². The summed E-state index contributed by atoms with van der Waals surface area (Å²) in [7, 11) is 0. The van der Waals surface area contributed by atoms with E-state index < -0.39 is 6.29 Å². The van der Waals surface area contributed by atoms with Gasteiger partial charge < -0.3 is 10.2 Å². The third-order valence-electron chi connectivity index (χ3n) is 3.91. The lowest BCUT2D eigenvalue weighted by Gasteiger charge is -2.17. The largest absolute Gasteiger partial charge is 0.368 e. The monoisotopic (exact) mass is 258 g/mol. The molecule has 0 heterocycles. The molecule has 110 valence electrons. The molecule has 0 aromatic carbocycles. The van der Waals surface area contributed by atoms with E-state index in [1.807, 2.05) is 0 Å². The summed E-state index contributed by atoms with van der Waals surface area (Å²) in [6, 6.07) is 0. The Bertz CT molecular complexity index is 178. The van der Waals surface area contributed by atoms with Gasteiger partial charge in [0.05, 0.1) is 0 Å². The van der Waals surface area contributed by atoms with Gasteiger partial charge in [-0.15, -0.1) is 0 Å². The maximum Gasteiger partial charge on any atom is 0.151 e. The minimum absolute atomic E-state index is 0.480. The summed E-state index contributed by atoms with van der Waals surface area (Å²) in [6.07, 6.45) is 8.17. The fourth-order valence-corrected chi connectivity index (χ4v) is 2.56. The summed E-state index contributed by atoms with van der Waals surface area (Å²) in [5.74, 6) is 2.13. The summed E-state index contributed by atoms with van der Waals surface area (Å²) in [5.41, 5.74) is 0. The van der Waals surface area contributed by atoms with Gasteiger partial charge in [0.1, 0.15) is 0 Å². The van der Waals surface area contributed by atoms with E-state index in [-0.39, 0.29) is 0 Å². The zero-order chi connectivity index (χ0) is 14.0. The lowest BCUT2D eigenvalue weighted by molar-refractivity contribution is -0.0571. The van der Waals surface area contributed by atoms with Crippen molar-refractivity contribution < 1.29 is 10.2 Å². The Balaban J connectivity index is 3.56. The average molecular weight is 258 g/mol. The first-order chi connectivity index (χ1) is 8.45. The second-order valence-corrected chi connectivity index (χ2v) is 6.35. The first-order valence-electron chi connectivity index (χ1n) is 7.81. The fraction of sp³-hybridized carbons (Fsp3) is 1.00. The second kappa shape index (κ2) is 10.8. The van der Waals surface area contributed by atoms with Crippen molar-refractivity contribution in [3.63, 3.8) is 0 Å². The van der Waals surface area contributed by atoms with Gasteiger partial charge in [0.2, 0.25) is 0 Å². The molecule has 0 aromatic heterocycles. The SMILES string of the molecule is CCC(CCCC(C)CCCC(C)C)CC(O)O. The molecule has 0 aliphatic heterocycles. The highest BCUT2D eigenvalue weighted by Gasteiger charge is 2.11. The molecule has 0 fully saturated rings. The van der Waals surface area contributed by atoms with Gasteiger partial charge in [-0.1, -0.05) is 72.6 Å². The zero-order valence-corrected chi connectivity index (χ0v) is 12.9. The molecular formula is C16H34O2. The maximum absolute atomic E-state index is 8.99. The highest BCUT2D eigenvalue weighted by Crippen LogP contribution is 2.22. The topological polar surface area (TPSA) is 40.5 Å². The predicted octanol–water partition coefficient (Wildman–Crippen LogP) is 4.35. The van der Waals surface area contributed by atoms with Crippen LogP contribution in [-0.4, -0.2) is 16.5 Å². The molecule has 0 radical (unpaired) electrons. The number of rotatable bonds is 11. The van der Waals surface area contributed by atoms with Crippen LogP contribution in [0.25, 0.3) is 0 Å². The van der Waals surface area contributed by atoms with Crippen molar-refractivity contribution in [3.8, 4) is 0 Å². The van der Waals surface area contributed by atoms with Crippen LogP contribution >= 0.6 is 0 Å². The van der Waals surface area contributed by atoms with Crippen molar-refractivity contribution in [1.29, 1.82) is 0 Å². The quantitative estimate of drug-likeness (QED) is 0.541. The molecule has 0 aromatic rings. The van der Waals surface area contributed by atoms with Crippen LogP contribution in [0.15, 0.2) is 0 Å². The van der Waals surface area contributed by atoms with Crippen LogP contribution in [0.4, 0.5) is 0 Å². The molecule has 2 N–H and O–H groups in total. The van der Waals surface area contributed by atoms with Crippen LogP contribution in [0.1, 0.15) is 79.1 Å². The average Bonchev–Trinajstić information content (AvgIpc) is 2.26. The standard InChI is InChI=1S/C16H34O2/c1-5-15(12-16(17)18)11-7-10-14(4)9-6-8-13(2)3/h13-18H,5-12H2,1-4H3. The van der Waals surface area contributed by atoms with Gasteiger partial charge in [-0.05, 0) is 17.8 Å². The third-order valence-corrected chi connectivity index (χ3v) is 3.91. The van der Waals surface area contributed by atoms with E-state index in [1.165, 1.54) is 32.1 Å². The van der Waals surface area contributed by atoms with Crippen molar-refractivity contribution in [3.05, 3.63) is 0 Å². The van der Waals surface area contributed by atoms with Gasteiger partial charge in [-0.3, -0.25) is 0 Å². The zero-order valence-electron chi connectivity index (χ0n) is 12.9. The van der Waals surface area contributed by atoms with Crippen LogP contribution in [-0.2, 0) is 0 Å². The Morgan fingerprint density at radius 1 is 0.833 bits per heavy atom. The molecule has 0 bridgehead atoms. The molecule has 2 atom stereocenters. The van der Waals surface area contributed by atoms with Gasteiger partial charge >= 0.3 is 0 Å². The number of hydrogen-bond donors (Lipinski definition) is 2. The van der Waals surface area contributed by atoms with E-state index >= 15 is 0 Å². The summed E-state index contributed by atoms with van der Waals surface area (Å²) in [4.78, 5) is 0. The molecule has 0 saturated heterocycles. The van der Waals surface area contributed by atoms with E-state index in [1.54, 1.807) is 0 Å². The molecule has 2 heteroatoms. The summed E-state index contributed by atoms with van der Waals surface area (Å²) < 4.78 is 0. The Labute approximate surface area is 114 Å². The van der Waals surface area contributed by atoms with Crippen LogP contribution in [0.5, 0.6) is 0 Å². The molecule has 0 aliphatic rings. The summed E-state index contributed by atoms with van der Waals surface area (Å²) in [5, 5.41) is 18.0. The molecule has 0 saturated carbocycles. The summed E-state index contributed by atoms with van der Waals surface area (Å²) in [6.45, 7) is 9.06. The van der Waals surface area contributed by atoms with Crippen molar-refractivity contribution in [2.75, 3.05) is 0 Å². The van der Waals surface area contributed by atoms with Crippen molar-refractivity contribution in [2.45, 2.75) is 85.4 Å². The van der Waals surface area contributed by atoms with Gasteiger partial charge in [0, 0.05) is 6.42 Å². The molecule has 0 aliphatic carbocycles. The highest BCUT2D eigenvalue weighted by atomic mass is 16.5. The molecule has 0 amide bonds. The highest BCUT2D eigenvalue weighted by molar-refractivity contribution is 4.61. The predicted molar refractivity (Wildman–Crippen MR) is 78.3 cm³/mol. The Kier molecular flexibility index (Phi) is 10.8. The maximum atomic E-state index is 8.99. The Morgan fingerprint density at radius 2 is 1.39 bits per heavy atom. The second-order valence-electron chi connectivity index (χ2n) is 6.35. The minimum atomic E-state index is -1.13. The number of aliphatic hydroxyl groups excluding tert-OH is 1. The van der Waals surface area contributed by atoms with Crippen molar-refractivity contribution >= 4 is 0 Å². The minimum Gasteiger partial charge on any atom is -0.368 e. The smallest absolute Gasteiger partial charge is 0.151 e. The number of aliphatic hydroxyl groups is 2. The molecule has 0 spiro atoms. The third kappa shape index (κ3) is 11.0. The molecule has 2 nitrogen and oxygen atoms in total. The van der Waals surface area contributed by atoms with E-state index in [2.05, 4.69) is 27.7 Å². The Morgan fingerprint density at radius 3 is 1.83 bits per heavy atom. The van der Waals surface area contributed by atoms with Gasteiger partial charge in [-0.25, -0.2) is 0 Å². The summed E-state index contributed by atoms with van der Waals surface area (Å²) >= 11 is 0. The van der Waals surface area contributed by atoms with E-state index in [0.717, 1.165) is 24.7 Å². The van der Waals surface area contributed by atoms with Crippen LogP contribution in [0.3, 0.4) is 0 Å². The number of hydrogen-bond acceptors (Lipinski definition) is 2. The Hall–Kier alpha value is -0.0800. The van der Waals surface area contributed by atoms with Gasteiger partial charge in [0.15, 0.2) is 6.29 Å². The molecule has 18 heavy (non-hydrogen) atoms. The first-order valence-corrected chi connectivity index (χ1v) is 7.81. The molecular weight excluding hydrogens is 224 g/mol. The lowest BCUT2D eigenvalue weighted by atomic mass is 9.91. The lowest BCUT2D eigenvalue weighted by Crippen LogP contribution is -2.12. The molecule has 2 unspecified atom stereocenters.